The van der Waals surface area contributed by atoms with E-state index in [1.54, 1.807) is 13.0 Å². The molecule has 1 aromatic rings. The molecule has 3 heteroatoms. The average molecular weight is 180 g/mol. The van der Waals surface area contributed by atoms with Crippen molar-refractivity contribution in [3.05, 3.63) is 28.8 Å². The lowest BCUT2D eigenvalue weighted by atomic mass is 10.0. The van der Waals surface area contributed by atoms with Crippen LogP contribution in [0.1, 0.15) is 16.7 Å². The number of aryl methyl sites for hydroxylation is 2. The molecular weight excluding hydrogens is 168 g/mol. The first kappa shape index (κ1) is 9.58. The zero-order valence-electron chi connectivity index (χ0n) is 7.66. The van der Waals surface area contributed by atoms with E-state index in [1.165, 1.54) is 6.07 Å². The van der Waals surface area contributed by atoms with E-state index < -0.39 is 5.97 Å². The van der Waals surface area contributed by atoms with E-state index in [-0.39, 0.29) is 12.2 Å². The summed E-state index contributed by atoms with van der Waals surface area (Å²) < 4.78 is 0. The number of phenolic OH excluding ortho intramolecular Hbond substituents is 1. The molecule has 1 aromatic carbocycles. The molecule has 0 saturated carbocycles. The Balaban J connectivity index is 3.08. The third-order valence-corrected chi connectivity index (χ3v) is 2.00. The number of carbonyl (C=O) groups is 1. The molecule has 0 spiro atoms. The molecule has 0 heterocycles. The Bertz CT molecular complexity index is 342. The van der Waals surface area contributed by atoms with Crippen LogP contribution in [0.25, 0.3) is 0 Å². The van der Waals surface area contributed by atoms with Crippen molar-refractivity contribution in [1.29, 1.82) is 0 Å². The molecule has 0 aliphatic carbocycles. The number of benzene rings is 1. The molecule has 3 nitrogen and oxygen atoms in total. The summed E-state index contributed by atoms with van der Waals surface area (Å²) in [6, 6.07) is 3.30. The first-order valence-electron chi connectivity index (χ1n) is 4.01. The first-order chi connectivity index (χ1) is 6.00. The normalized spacial score (nSPS) is 10.0. The molecule has 13 heavy (non-hydrogen) atoms. The molecule has 0 bridgehead atoms. The molecule has 0 radical (unpaired) electrons. The summed E-state index contributed by atoms with van der Waals surface area (Å²) in [7, 11) is 0. The van der Waals surface area contributed by atoms with Gasteiger partial charge in [0.2, 0.25) is 0 Å². The van der Waals surface area contributed by atoms with Gasteiger partial charge in [0.15, 0.2) is 0 Å². The maximum Gasteiger partial charge on any atom is 0.307 e. The summed E-state index contributed by atoms with van der Waals surface area (Å²) in [6.07, 6.45) is -0.0420. The van der Waals surface area contributed by atoms with Crippen molar-refractivity contribution in [3.63, 3.8) is 0 Å². The SMILES string of the molecule is Cc1cc(C)c(CC(=O)O)cc1O. The zero-order chi connectivity index (χ0) is 10.0. The van der Waals surface area contributed by atoms with Crippen LogP contribution in [-0.2, 0) is 11.2 Å². The van der Waals surface area contributed by atoms with Crippen LogP contribution >= 0.6 is 0 Å². The molecule has 0 fully saturated rings. The molecular formula is C10H12O3. The predicted molar refractivity (Wildman–Crippen MR) is 48.9 cm³/mol. The minimum Gasteiger partial charge on any atom is -0.508 e. The Morgan fingerprint density at radius 3 is 2.46 bits per heavy atom. The van der Waals surface area contributed by atoms with Gasteiger partial charge in [-0.2, -0.15) is 0 Å². The lowest BCUT2D eigenvalue weighted by molar-refractivity contribution is -0.136. The summed E-state index contributed by atoms with van der Waals surface area (Å²) in [5, 5.41) is 17.9. The van der Waals surface area contributed by atoms with Gasteiger partial charge < -0.3 is 10.2 Å². The molecule has 0 aliphatic heterocycles. The number of hydrogen-bond donors (Lipinski definition) is 2. The lowest BCUT2D eigenvalue weighted by Crippen LogP contribution is -2.02. The number of phenols is 1. The number of carboxylic acids is 1. The van der Waals surface area contributed by atoms with Crippen molar-refractivity contribution in [3.8, 4) is 5.75 Å². The van der Waals surface area contributed by atoms with Crippen LogP contribution in [0.3, 0.4) is 0 Å². The van der Waals surface area contributed by atoms with E-state index in [0.29, 0.717) is 5.56 Å². The molecule has 0 atom stereocenters. The Morgan fingerprint density at radius 1 is 1.31 bits per heavy atom. The van der Waals surface area contributed by atoms with Gasteiger partial charge in [-0.25, -0.2) is 0 Å². The standard InChI is InChI=1S/C10H12O3/c1-6-3-7(2)9(11)4-8(6)5-10(12)13/h3-4,11H,5H2,1-2H3,(H,12,13). The highest BCUT2D eigenvalue weighted by Crippen LogP contribution is 2.21. The van der Waals surface area contributed by atoms with E-state index in [4.69, 9.17) is 5.11 Å². The van der Waals surface area contributed by atoms with Gasteiger partial charge in [-0.1, -0.05) is 6.07 Å². The van der Waals surface area contributed by atoms with Crippen molar-refractivity contribution in [2.24, 2.45) is 0 Å². The Kier molecular flexibility index (Phi) is 2.56. The molecule has 0 unspecified atom stereocenters. The summed E-state index contributed by atoms with van der Waals surface area (Å²) >= 11 is 0. The van der Waals surface area contributed by atoms with Crippen molar-refractivity contribution in [2.75, 3.05) is 0 Å². The second-order valence-electron chi connectivity index (χ2n) is 3.14. The quantitative estimate of drug-likeness (QED) is 0.727. The van der Waals surface area contributed by atoms with E-state index in [0.717, 1.165) is 11.1 Å². The van der Waals surface area contributed by atoms with Crippen LogP contribution in [-0.4, -0.2) is 16.2 Å². The van der Waals surface area contributed by atoms with E-state index in [1.807, 2.05) is 6.92 Å². The van der Waals surface area contributed by atoms with Crippen LogP contribution in [0.4, 0.5) is 0 Å². The number of aliphatic carboxylic acids is 1. The second kappa shape index (κ2) is 3.47. The van der Waals surface area contributed by atoms with Gasteiger partial charge in [0.1, 0.15) is 5.75 Å². The topological polar surface area (TPSA) is 57.5 Å². The minimum atomic E-state index is -0.883. The Morgan fingerprint density at radius 2 is 1.92 bits per heavy atom. The van der Waals surface area contributed by atoms with Gasteiger partial charge in [0.25, 0.3) is 0 Å². The minimum absolute atomic E-state index is 0.0420. The smallest absolute Gasteiger partial charge is 0.307 e. The van der Waals surface area contributed by atoms with Gasteiger partial charge in [-0.3, -0.25) is 4.79 Å². The molecule has 1 rings (SSSR count). The van der Waals surface area contributed by atoms with Crippen LogP contribution in [0, 0.1) is 13.8 Å². The third kappa shape index (κ3) is 2.21. The van der Waals surface area contributed by atoms with Gasteiger partial charge in [-0.15, -0.1) is 0 Å². The van der Waals surface area contributed by atoms with Gasteiger partial charge >= 0.3 is 5.97 Å². The van der Waals surface area contributed by atoms with E-state index >= 15 is 0 Å². The zero-order valence-corrected chi connectivity index (χ0v) is 7.66. The van der Waals surface area contributed by atoms with Crippen molar-refractivity contribution in [2.45, 2.75) is 20.3 Å². The fraction of sp³-hybridized carbons (Fsp3) is 0.300. The van der Waals surface area contributed by atoms with Crippen LogP contribution in [0.15, 0.2) is 12.1 Å². The Labute approximate surface area is 76.6 Å². The number of aromatic hydroxyl groups is 1. The van der Waals surface area contributed by atoms with Crippen molar-refractivity contribution < 1.29 is 15.0 Å². The average Bonchev–Trinajstić information content (AvgIpc) is 1.99. The maximum atomic E-state index is 10.4. The predicted octanol–water partition coefficient (Wildman–Crippen LogP) is 1.64. The van der Waals surface area contributed by atoms with Gasteiger partial charge in [-0.05, 0) is 36.6 Å². The van der Waals surface area contributed by atoms with Crippen molar-refractivity contribution in [1.82, 2.24) is 0 Å². The molecule has 0 amide bonds. The summed E-state index contributed by atoms with van der Waals surface area (Å²) in [5.74, 6) is -0.729. The third-order valence-electron chi connectivity index (χ3n) is 2.00. The van der Waals surface area contributed by atoms with Gasteiger partial charge in [0, 0.05) is 0 Å². The molecule has 0 aliphatic rings. The Hall–Kier alpha value is -1.51. The number of hydrogen-bond acceptors (Lipinski definition) is 2. The summed E-state index contributed by atoms with van der Waals surface area (Å²) in [5.41, 5.74) is 2.33. The highest BCUT2D eigenvalue weighted by Gasteiger charge is 2.06. The molecule has 0 saturated heterocycles. The van der Waals surface area contributed by atoms with E-state index in [2.05, 4.69) is 0 Å². The monoisotopic (exact) mass is 180 g/mol. The highest BCUT2D eigenvalue weighted by molar-refractivity contribution is 5.71. The first-order valence-corrected chi connectivity index (χ1v) is 4.01. The maximum absolute atomic E-state index is 10.4. The molecule has 0 aromatic heterocycles. The lowest BCUT2D eigenvalue weighted by Gasteiger charge is -2.06. The van der Waals surface area contributed by atoms with Crippen LogP contribution in [0.5, 0.6) is 5.75 Å². The number of carboxylic acid groups (broad SMARTS) is 1. The van der Waals surface area contributed by atoms with Crippen LogP contribution in [0.2, 0.25) is 0 Å². The highest BCUT2D eigenvalue weighted by atomic mass is 16.4. The number of rotatable bonds is 2. The summed E-state index contributed by atoms with van der Waals surface area (Å²) in [4.78, 5) is 10.4. The van der Waals surface area contributed by atoms with Crippen LogP contribution < -0.4 is 0 Å². The fourth-order valence-corrected chi connectivity index (χ4v) is 1.24. The molecule has 2 N–H and O–H groups in total. The van der Waals surface area contributed by atoms with Gasteiger partial charge in [0.05, 0.1) is 6.42 Å². The van der Waals surface area contributed by atoms with Crippen molar-refractivity contribution >= 4 is 5.97 Å². The second-order valence-corrected chi connectivity index (χ2v) is 3.14. The fourth-order valence-electron chi connectivity index (χ4n) is 1.24. The molecule has 70 valence electrons. The largest absolute Gasteiger partial charge is 0.508 e. The van der Waals surface area contributed by atoms with E-state index in [9.17, 15) is 9.90 Å². The summed E-state index contributed by atoms with van der Waals surface area (Å²) in [6.45, 7) is 3.62.